The van der Waals surface area contributed by atoms with E-state index >= 15 is 0 Å². The summed E-state index contributed by atoms with van der Waals surface area (Å²) in [7, 11) is 0. The highest BCUT2D eigenvalue weighted by atomic mass is 16.7. The van der Waals surface area contributed by atoms with Crippen LogP contribution in [0.5, 0.6) is 0 Å². The smallest absolute Gasteiger partial charge is 0.147 e. The molecule has 0 bridgehead atoms. The van der Waals surface area contributed by atoms with Gasteiger partial charge in [-0.15, -0.1) is 0 Å². The zero-order chi connectivity index (χ0) is 11.1. The van der Waals surface area contributed by atoms with Gasteiger partial charge in [0.1, 0.15) is 11.6 Å². The minimum atomic E-state index is 0.570. The molecular weight excluding hydrogens is 192 g/mol. The first-order valence-electron chi connectivity index (χ1n) is 5.68. The summed E-state index contributed by atoms with van der Waals surface area (Å²) in [6.45, 7) is 8.02. The Morgan fingerprint density at radius 2 is 2.20 bits per heavy atom. The Balaban J connectivity index is 2.46. The van der Waals surface area contributed by atoms with Gasteiger partial charge >= 0.3 is 0 Å². The third-order valence-corrected chi connectivity index (χ3v) is 2.54. The highest BCUT2D eigenvalue weighted by Crippen LogP contribution is 2.12. The second-order valence-corrected chi connectivity index (χ2v) is 3.67. The third kappa shape index (κ3) is 3.67. The van der Waals surface area contributed by atoms with Crippen molar-refractivity contribution in [2.24, 2.45) is 0 Å². The van der Waals surface area contributed by atoms with Crippen LogP contribution >= 0.6 is 0 Å². The van der Waals surface area contributed by atoms with Crippen LogP contribution in [0.2, 0.25) is 0 Å². The maximum absolute atomic E-state index is 10.8. The monoisotopic (exact) mass is 212 g/mol. The Labute approximate surface area is 91.4 Å². The fourth-order valence-electron chi connectivity index (χ4n) is 1.70. The van der Waals surface area contributed by atoms with Gasteiger partial charge in [0.05, 0.1) is 13.2 Å². The molecule has 0 aromatic heterocycles. The van der Waals surface area contributed by atoms with Gasteiger partial charge < -0.3 is 4.90 Å². The molecule has 1 aliphatic rings. The van der Waals surface area contributed by atoms with Crippen LogP contribution in [-0.4, -0.2) is 48.7 Å². The molecule has 0 radical (unpaired) electrons. The molecule has 0 spiro atoms. The molecule has 4 heteroatoms. The van der Waals surface area contributed by atoms with Crippen molar-refractivity contribution in [3.05, 3.63) is 5.70 Å². The van der Waals surface area contributed by atoms with Gasteiger partial charge in [0.15, 0.2) is 0 Å². The van der Waals surface area contributed by atoms with Gasteiger partial charge in [0, 0.05) is 19.6 Å². The average Bonchev–Trinajstić information content (AvgIpc) is 2.27. The van der Waals surface area contributed by atoms with Crippen molar-refractivity contribution in [2.75, 3.05) is 32.8 Å². The molecular formula is C11H20N2O2. The Kier molecular flexibility index (Phi) is 5.40. The number of hydroxylamine groups is 2. The molecule has 1 heterocycles. The molecule has 0 aliphatic carbocycles. The van der Waals surface area contributed by atoms with E-state index in [1.54, 1.807) is 0 Å². The predicted octanol–water partition coefficient (Wildman–Crippen LogP) is 1.07. The van der Waals surface area contributed by atoms with E-state index < -0.39 is 0 Å². The van der Waals surface area contributed by atoms with Crippen molar-refractivity contribution in [2.45, 2.75) is 26.7 Å². The van der Waals surface area contributed by atoms with Gasteiger partial charge in [-0.25, -0.2) is 4.79 Å². The lowest BCUT2D eigenvalue weighted by molar-refractivity contribution is -0.162. The fraction of sp³-hybridized carbons (Fsp3) is 0.818. The minimum absolute atomic E-state index is 0.570. The van der Waals surface area contributed by atoms with Gasteiger partial charge in [0.25, 0.3) is 0 Å². The summed E-state index contributed by atoms with van der Waals surface area (Å²) in [6, 6.07) is 0. The standard InChI is InChI=1S/C11H20N2O2/c1-3-5-6-12-7-8-13(15-4-2)9-11(12)10-14/h3-9H2,1-2H3. The highest BCUT2D eigenvalue weighted by molar-refractivity contribution is 5.52. The van der Waals surface area contributed by atoms with Gasteiger partial charge in [-0.1, -0.05) is 13.3 Å². The second-order valence-electron chi connectivity index (χ2n) is 3.67. The van der Waals surface area contributed by atoms with E-state index in [0.717, 1.165) is 38.2 Å². The summed E-state index contributed by atoms with van der Waals surface area (Å²) in [4.78, 5) is 18.3. The topological polar surface area (TPSA) is 32.8 Å². The van der Waals surface area contributed by atoms with Crippen molar-refractivity contribution in [3.8, 4) is 0 Å². The van der Waals surface area contributed by atoms with Gasteiger partial charge in [0.2, 0.25) is 0 Å². The molecule has 1 aliphatic heterocycles. The van der Waals surface area contributed by atoms with Crippen LogP contribution in [0.25, 0.3) is 0 Å². The molecule has 0 aromatic carbocycles. The van der Waals surface area contributed by atoms with Crippen LogP contribution in [-0.2, 0) is 9.63 Å². The molecule has 0 aromatic rings. The first-order valence-corrected chi connectivity index (χ1v) is 5.68. The van der Waals surface area contributed by atoms with E-state index in [-0.39, 0.29) is 0 Å². The van der Waals surface area contributed by atoms with Gasteiger partial charge in [-0.05, 0) is 13.3 Å². The molecule has 1 fully saturated rings. The number of nitrogens with zero attached hydrogens (tertiary/aromatic N) is 2. The van der Waals surface area contributed by atoms with Crippen molar-refractivity contribution >= 4 is 5.94 Å². The van der Waals surface area contributed by atoms with Crippen LogP contribution in [0.3, 0.4) is 0 Å². The molecule has 4 nitrogen and oxygen atoms in total. The first-order chi connectivity index (χ1) is 7.31. The van der Waals surface area contributed by atoms with Crippen molar-refractivity contribution < 1.29 is 9.63 Å². The van der Waals surface area contributed by atoms with Gasteiger partial charge in [-0.2, -0.15) is 5.06 Å². The summed E-state index contributed by atoms with van der Waals surface area (Å²) >= 11 is 0. The van der Waals surface area contributed by atoms with E-state index in [0.29, 0.717) is 13.2 Å². The number of hydrogen-bond acceptors (Lipinski definition) is 4. The maximum Gasteiger partial charge on any atom is 0.147 e. The third-order valence-electron chi connectivity index (χ3n) is 2.54. The lowest BCUT2D eigenvalue weighted by Crippen LogP contribution is -2.45. The molecule has 86 valence electrons. The molecule has 15 heavy (non-hydrogen) atoms. The quantitative estimate of drug-likeness (QED) is 0.638. The van der Waals surface area contributed by atoms with Crippen LogP contribution in [0.15, 0.2) is 5.70 Å². The van der Waals surface area contributed by atoms with Crippen LogP contribution in [0.1, 0.15) is 26.7 Å². The van der Waals surface area contributed by atoms with E-state index in [4.69, 9.17) is 4.84 Å². The first kappa shape index (κ1) is 12.2. The summed E-state index contributed by atoms with van der Waals surface area (Å²) < 4.78 is 0. The molecule has 0 saturated carbocycles. The number of hydrogen-bond donors (Lipinski definition) is 0. The number of unbranched alkanes of at least 4 members (excludes halogenated alkanes) is 1. The average molecular weight is 212 g/mol. The maximum atomic E-state index is 10.8. The SMILES string of the molecule is CCCCN1CCN(OCC)CC1=C=O. The number of piperazine rings is 1. The van der Waals surface area contributed by atoms with E-state index in [2.05, 4.69) is 11.8 Å². The Morgan fingerprint density at radius 1 is 1.40 bits per heavy atom. The van der Waals surface area contributed by atoms with Crippen LogP contribution in [0, 0.1) is 0 Å². The van der Waals surface area contributed by atoms with Crippen LogP contribution in [0.4, 0.5) is 0 Å². The largest absolute Gasteiger partial charge is 0.363 e. The Bertz CT molecular complexity index is 237. The summed E-state index contributed by atoms with van der Waals surface area (Å²) in [6.07, 6.45) is 2.28. The molecule has 0 atom stereocenters. The van der Waals surface area contributed by atoms with Crippen molar-refractivity contribution in [1.82, 2.24) is 9.96 Å². The summed E-state index contributed by atoms with van der Waals surface area (Å²) in [5, 5.41) is 1.84. The summed E-state index contributed by atoms with van der Waals surface area (Å²) in [5.74, 6) is 2.02. The molecule has 0 amide bonds. The molecule has 0 unspecified atom stereocenters. The lowest BCUT2D eigenvalue weighted by atomic mass is 10.2. The fourth-order valence-corrected chi connectivity index (χ4v) is 1.70. The Morgan fingerprint density at radius 3 is 2.80 bits per heavy atom. The number of rotatable bonds is 5. The number of carbonyl (C=O) groups excluding carboxylic acids is 1. The second kappa shape index (κ2) is 6.62. The van der Waals surface area contributed by atoms with Crippen molar-refractivity contribution in [1.29, 1.82) is 0 Å². The van der Waals surface area contributed by atoms with E-state index in [9.17, 15) is 4.79 Å². The highest BCUT2D eigenvalue weighted by Gasteiger charge is 2.21. The normalized spacial score (nSPS) is 18.0. The molecule has 1 rings (SSSR count). The van der Waals surface area contributed by atoms with Gasteiger partial charge in [-0.3, -0.25) is 4.84 Å². The molecule has 1 saturated heterocycles. The Hall–Kier alpha value is -0.830. The minimum Gasteiger partial charge on any atom is -0.363 e. The van der Waals surface area contributed by atoms with Crippen LogP contribution < -0.4 is 0 Å². The van der Waals surface area contributed by atoms with E-state index in [1.807, 2.05) is 17.9 Å². The molecule has 0 N–H and O–H groups in total. The zero-order valence-electron chi connectivity index (χ0n) is 9.66. The van der Waals surface area contributed by atoms with Crippen molar-refractivity contribution in [3.63, 3.8) is 0 Å². The van der Waals surface area contributed by atoms with E-state index in [1.165, 1.54) is 0 Å². The lowest BCUT2D eigenvalue weighted by Gasteiger charge is -2.35. The predicted molar refractivity (Wildman–Crippen MR) is 58.9 cm³/mol. The summed E-state index contributed by atoms with van der Waals surface area (Å²) in [5.41, 5.74) is 0.725. The zero-order valence-corrected chi connectivity index (χ0v) is 9.66.